The van der Waals surface area contributed by atoms with E-state index >= 15 is 0 Å². The molecule has 6 rings (SSSR count). The average Bonchev–Trinajstić information content (AvgIpc) is 2.81. The van der Waals surface area contributed by atoms with E-state index in [0.29, 0.717) is 0 Å². The highest BCUT2D eigenvalue weighted by Gasteiger charge is 2.52. The quantitative estimate of drug-likeness (QED) is 0.325. The fourth-order valence-corrected chi connectivity index (χ4v) is 7.19. The first-order chi connectivity index (χ1) is 17.5. The van der Waals surface area contributed by atoms with Crippen LogP contribution in [-0.2, 0) is 19.7 Å². The number of rotatable bonds is 7. The van der Waals surface area contributed by atoms with E-state index in [1.807, 2.05) is 45.0 Å². The Kier molecular flexibility index (Phi) is 6.68. The Labute approximate surface area is 219 Å². The van der Waals surface area contributed by atoms with Crippen LogP contribution in [0.4, 0.5) is 0 Å². The van der Waals surface area contributed by atoms with Crippen molar-refractivity contribution in [3.63, 3.8) is 0 Å². The van der Waals surface area contributed by atoms with Gasteiger partial charge in [0.1, 0.15) is 11.4 Å². The van der Waals surface area contributed by atoms with E-state index in [-0.39, 0.29) is 11.4 Å². The summed E-state index contributed by atoms with van der Waals surface area (Å²) in [6.07, 6.45) is 9.90. The van der Waals surface area contributed by atoms with Crippen LogP contribution in [-0.4, -0.2) is 28.8 Å². The van der Waals surface area contributed by atoms with Crippen LogP contribution in [0, 0.1) is 17.8 Å². The first-order valence-corrected chi connectivity index (χ1v) is 13.6. The van der Waals surface area contributed by atoms with E-state index < -0.39 is 17.7 Å². The van der Waals surface area contributed by atoms with Gasteiger partial charge in [0.05, 0.1) is 0 Å². The second kappa shape index (κ2) is 9.66. The number of benzene rings is 2. The molecule has 0 radical (unpaired) electrons. The van der Waals surface area contributed by atoms with Crippen LogP contribution in [0.5, 0.6) is 5.75 Å². The zero-order chi connectivity index (χ0) is 26.4. The average molecular weight is 503 g/mol. The Morgan fingerprint density at radius 1 is 0.946 bits per heavy atom. The standard InChI is InChI=1S/C32H38O5/c1-20(30(34)35)36-28-11-10-26(16-27(28)32-17-22-13-23(18-32)15-24(14-22)19-32)25-8-5-21(6-9-25)7-12-29(33)37-31(2,3)4/h5-12,16,20,22-24H,13-15,17-19H2,1-4H3,(H,34,35). The Morgan fingerprint density at radius 2 is 1.51 bits per heavy atom. The molecule has 1 atom stereocenters. The third-order valence-electron chi connectivity index (χ3n) is 8.30. The molecule has 2 aromatic rings. The van der Waals surface area contributed by atoms with Crippen molar-refractivity contribution in [3.05, 3.63) is 59.7 Å². The van der Waals surface area contributed by atoms with E-state index in [9.17, 15) is 14.7 Å². The van der Waals surface area contributed by atoms with Crippen molar-refractivity contribution in [2.45, 2.75) is 83.3 Å². The summed E-state index contributed by atoms with van der Waals surface area (Å²) >= 11 is 0. The molecule has 1 unspecified atom stereocenters. The molecule has 4 fully saturated rings. The van der Waals surface area contributed by atoms with Gasteiger partial charge in [-0.2, -0.15) is 0 Å². The molecule has 4 saturated carbocycles. The summed E-state index contributed by atoms with van der Waals surface area (Å²) in [6.45, 7) is 7.15. The van der Waals surface area contributed by atoms with Crippen LogP contribution in [0.2, 0.25) is 0 Å². The van der Waals surface area contributed by atoms with Crippen molar-refractivity contribution < 1.29 is 24.2 Å². The summed E-state index contributed by atoms with van der Waals surface area (Å²) in [5.41, 5.74) is 3.85. The second-order valence-electron chi connectivity index (χ2n) is 12.5. The van der Waals surface area contributed by atoms with Crippen molar-refractivity contribution in [2.24, 2.45) is 17.8 Å². The molecular weight excluding hydrogens is 464 g/mol. The molecule has 0 spiro atoms. The molecule has 0 saturated heterocycles. The smallest absolute Gasteiger partial charge is 0.344 e. The molecule has 0 aromatic heterocycles. The van der Waals surface area contributed by atoms with Crippen LogP contribution >= 0.6 is 0 Å². The van der Waals surface area contributed by atoms with Gasteiger partial charge < -0.3 is 14.6 Å². The number of hydrogen-bond donors (Lipinski definition) is 1. The van der Waals surface area contributed by atoms with Crippen LogP contribution in [0.1, 0.15) is 77.3 Å². The lowest BCUT2D eigenvalue weighted by atomic mass is 9.48. The maximum absolute atomic E-state index is 12.0. The molecule has 4 bridgehead atoms. The minimum Gasteiger partial charge on any atom is -0.479 e. The topological polar surface area (TPSA) is 72.8 Å². The minimum absolute atomic E-state index is 0.0778. The highest BCUT2D eigenvalue weighted by molar-refractivity contribution is 5.87. The van der Waals surface area contributed by atoms with Crippen molar-refractivity contribution in [3.8, 4) is 16.9 Å². The van der Waals surface area contributed by atoms with Gasteiger partial charge >= 0.3 is 11.9 Å². The SMILES string of the molecule is CC(Oc1ccc(-c2ccc(C=CC(=O)OC(C)(C)C)cc2)cc1C12CC3CC(CC(C3)C1)C2)C(=O)O. The van der Waals surface area contributed by atoms with Gasteiger partial charge in [0.15, 0.2) is 6.10 Å². The number of aliphatic carboxylic acids is 1. The fourth-order valence-electron chi connectivity index (χ4n) is 7.19. The summed E-state index contributed by atoms with van der Waals surface area (Å²) in [5, 5.41) is 9.50. The maximum Gasteiger partial charge on any atom is 0.344 e. The summed E-state index contributed by atoms with van der Waals surface area (Å²) in [4.78, 5) is 23.6. The minimum atomic E-state index is -0.949. The van der Waals surface area contributed by atoms with Crippen LogP contribution in [0.3, 0.4) is 0 Å². The Bertz CT molecular complexity index is 1170. The molecule has 4 aliphatic carbocycles. The lowest BCUT2D eigenvalue weighted by Crippen LogP contribution is -2.48. The lowest BCUT2D eigenvalue weighted by molar-refractivity contribution is -0.148. The largest absolute Gasteiger partial charge is 0.479 e. The summed E-state index contributed by atoms with van der Waals surface area (Å²) in [6, 6.07) is 14.4. The molecule has 0 aliphatic heterocycles. The van der Waals surface area contributed by atoms with E-state index in [2.05, 4.69) is 18.2 Å². The Hall–Kier alpha value is -3.08. The monoisotopic (exact) mass is 502 g/mol. The Balaban J connectivity index is 1.43. The van der Waals surface area contributed by atoms with Crippen LogP contribution < -0.4 is 4.74 Å². The number of hydrogen-bond acceptors (Lipinski definition) is 4. The van der Waals surface area contributed by atoms with Gasteiger partial charge in [-0.25, -0.2) is 9.59 Å². The fraction of sp³-hybridized carbons (Fsp3) is 0.500. The molecule has 0 heterocycles. The molecule has 37 heavy (non-hydrogen) atoms. The molecule has 5 heteroatoms. The van der Waals surface area contributed by atoms with Crippen molar-refractivity contribution in [1.82, 2.24) is 0 Å². The van der Waals surface area contributed by atoms with Crippen molar-refractivity contribution >= 4 is 18.0 Å². The highest BCUT2D eigenvalue weighted by atomic mass is 16.6. The van der Waals surface area contributed by atoms with Gasteiger partial charge in [-0.3, -0.25) is 0 Å². The van der Waals surface area contributed by atoms with Gasteiger partial charge in [-0.1, -0.05) is 30.3 Å². The van der Waals surface area contributed by atoms with E-state index in [0.717, 1.165) is 40.2 Å². The number of carboxylic acids is 1. The molecule has 1 N–H and O–H groups in total. The summed E-state index contributed by atoms with van der Waals surface area (Å²) in [7, 11) is 0. The van der Waals surface area contributed by atoms with Crippen LogP contribution in [0.15, 0.2) is 48.5 Å². The third-order valence-corrected chi connectivity index (χ3v) is 8.30. The van der Waals surface area contributed by atoms with Gasteiger partial charge in [0.25, 0.3) is 0 Å². The number of carbonyl (C=O) groups is 2. The second-order valence-corrected chi connectivity index (χ2v) is 12.5. The van der Waals surface area contributed by atoms with Gasteiger partial charge in [0.2, 0.25) is 0 Å². The molecular formula is C32H38O5. The molecule has 2 aromatic carbocycles. The molecule has 4 aliphatic rings. The lowest BCUT2D eigenvalue weighted by Gasteiger charge is -2.57. The van der Waals surface area contributed by atoms with E-state index in [1.165, 1.54) is 50.2 Å². The molecule has 0 amide bonds. The summed E-state index contributed by atoms with van der Waals surface area (Å²) < 4.78 is 11.4. The first kappa shape index (κ1) is 25.6. The molecule has 196 valence electrons. The third kappa shape index (κ3) is 5.61. The zero-order valence-electron chi connectivity index (χ0n) is 22.3. The normalized spacial score (nSPS) is 27.3. The van der Waals surface area contributed by atoms with Crippen molar-refractivity contribution in [1.29, 1.82) is 0 Å². The van der Waals surface area contributed by atoms with Gasteiger partial charge in [0, 0.05) is 11.6 Å². The maximum atomic E-state index is 12.0. The van der Waals surface area contributed by atoms with E-state index in [1.54, 1.807) is 13.0 Å². The highest BCUT2D eigenvalue weighted by Crippen LogP contribution is 2.62. The number of esters is 1. The zero-order valence-corrected chi connectivity index (χ0v) is 22.3. The van der Waals surface area contributed by atoms with Crippen molar-refractivity contribution in [2.75, 3.05) is 0 Å². The number of carboxylic acid groups (broad SMARTS) is 1. The van der Waals surface area contributed by atoms with Crippen LogP contribution in [0.25, 0.3) is 17.2 Å². The molecule has 5 nitrogen and oxygen atoms in total. The number of carbonyl (C=O) groups excluding carboxylic acids is 1. The first-order valence-electron chi connectivity index (χ1n) is 13.6. The van der Waals surface area contributed by atoms with Gasteiger partial charge in [-0.05, 0) is 124 Å². The summed E-state index contributed by atoms with van der Waals surface area (Å²) in [5.74, 6) is 1.73. The number of ether oxygens (including phenoxy) is 2. The van der Waals surface area contributed by atoms with E-state index in [4.69, 9.17) is 9.47 Å². The van der Waals surface area contributed by atoms with Gasteiger partial charge in [-0.15, -0.1) is 0 Å². The predicted octanol–water partition coefficient (Wildman–Crippen LogP) is 7.03. The Morgan fingerprint density at radius 3 is 2.05 bits per heavy atom. The predicted molar refractivity (Wildman–Crippen MR) is 144 cm³/mol.